The molecule has 0 unspecified atom stereocenters. The zero-order valence-corrected chi connectivity index (χ0v) is 23.6. The van der Waals surface area contributed by atoms with Gasteiger partial charge in [-0.05, 0) is 74.6 Å². The molecule has 1 fully saturated rings. The monoisotopic (exact) mass is 535 g/mol. The first-order valence-electron chi connectivity index (χ1n) is 14.2. The number of para-hydroxylation sites is 1. The molecule has 0 aliphatic carbocycles. The third kappa shape index (κ3) is 3.69. The maximum absolute atomic E-state index is 6.44. The Morgan fingerprint density at radius 3 is 2.05 bits per heavy atom. The van der Waals surface area contributed by atoms with Crippen LogP contribution in [0.4, 0.5) is 0 Å². The topological polar surface area (TPSA) is 36.5 Å². The summed E-state index contributed by atoms with van der Waals surface area (Å²) in [5.41, 5.74) is 7.69. The van der Waals surface area contributed by atoms with Crippen LogP contribution in [-0.4, -0.2) is 22.9 Å². The number of hydrogen-bond acceptors (Lipinski definition) is 3. The third-order valence-corrected chi connectivity index (χ3v) is 9.02. The minimum Gasteiger partial charge on any atom is -0.456 e. The van der Waals surface area contributed by atoms with Gasteiger partial charge < -0.3 is 18.3 Å². The summed E-state index contributed by atoms with van der Waals surface area (Å²) < 4.78 is 21.6. The standard InChI is InChI=1S/C36H30BNO3/c1-35(2)36(3,4)41-37(40-35)25-17-18-31-28(20-25)29-21-30-27-15-8-9-16-33(27)39-34(30)22-32(29)38(31)26-14-10-13-24(19-26)23-11-6-5-7-12-23/h5-22H,1-4H3. The van der Waals surface area contributed by atoms with E-state index in [0.29, 0.717) is 0 Å². The van der Waals surface area contributed by atoms with E-state index in [1.165, 1.54) is 16.5 Å². The van der Waals surface area contributed by atoms with E-state index >= 15 is 0 Å². The highest BCUT2D eigenvalue weighted by Gasteiger charge is 2.51. The number of hydrogen-bond donors (Lipinski definition) is 0. The van der Waals surface area contributed by atoms with E-state index in [1.54, 1.807) is 0 Å². The lowest BCUT2D eigenvalue weighted by molar-refractivity contribution is 0.00578. The van der Waals surface area contributed by atoms with Gasteiger partial charge in [0, 0.05) is 33.3 Å². The largest absolute Gasteiger partial charge is 0.494 e. The first kappa shape index (κ1) is 24.5. The Morgan fingerprint density at radius 2 is 1.24 bits per heavy atom. The van der Waals surface area contributed by atoms with Crippen LogP contribution in [0.15, 0.2) is 114 Å². The molecule has 7 aromatic rings. The summed E-state index contributed by atoms with van der Waals surface area (Å²) in [7, 11) is -0.428. The van der Waals surface area contributed by atoms with E-state index in [1.807, 2.05) is 12.1 Å². The molecule has 200 valence electrons. The fourth-order valence-electron chi connectivity index (χ4n) is 6.11. The van der Waals surface area contributed by atoms with E-state index in [0.717, 1.165) is 49.5 Å². The maximum Gasteiger partial charge on any atom is 0.494 e. The molecular formula is C36H30BNO3. The van der Waals surface area contributed by atoms with Gasteiger partial charge in [-0.15, -0.1) is 0 Å². The Kier molecular flexibility index (Phi) is 5.13. The van der Waals surface area contributed by atoms with Gasteiger partial charge in [0.05, 0.1) is 22.2 Å². The van der Waals surface area contributed by atoms with Gasteiger partial charge in [0.2, 0.25) is 0 Å². The van der Waals surface area contributed by atoms with E-state index in [4.69, 9.17) is 13.7 Å². The zero-order chi connectivity index (χ0) is 27.9. The van der Waals surface area contributed by atoms with Crippen molar-refractivity contribution >= 4 is 56.3 Å². The molecule has 8 rings (SSSR count). The Hall–Kier alpha value is -4.32. The lowest BCUT2D eigenvalue weighted by Gasteiger charge is -2.32. The molecule has 0 N–H and O–H groups in total. The molecule has 1 saturated heterocycles. The quantitative estimate of drug-likeness (QED) is 0.213. The second kappa shape index (κ2) is 8.59. The molecule has 41 heavy (non-hydrogen) atoms. The van der Waals surface area contributed by atoms with Gasteiger partial charge in [-0.1, -0.05) is 72.8 Å². The summed E-state index contributed by atoms with van der Waals surface area (Å²) in [4.78, 5) is 0. The molecule has 0 spiro atoms. The summed E-state index contributed by atoms with van der Waals surface area (Å²) >= 11 is 0. The summed E-state index contributed by atoms with van der Waals surface area (Å²) in [5, 5.41) is 4.57. The number of fused-ring (bicyclic) bond motifs is 6. The molecule has 5 aromatic carbocycles. The number of aromatic nitrogens is 1. The Balaban J connectivity index is 1.40. The SMILES string of the molecule is CC1(C)OB(c2ccc3c(c2)c2cc4c(cc2n3-c2cccc(-c3ccccc3)c2)oc2ccccc24)OC1(C)C. The normalized spacial score (nSPS) is 16.4. The predicted octanol–water partition coefficient (Wildman–Crippen LogP) is 8.65. The van der Waals surface area contributed by atoms with Crippen LogP contribution in [0.25, 0.3) is 60.6 Å². The molecule has 0 radical (unpaired) electrons. The van der Waals surface area contributed by atoms with Crippen LogP contribution in [0.2, 0.25) is 0 Å². The molecule has 0 amide bonds. The van der Waals surface area contributed by atoms with Crippen molar-refractivity contribution in [3.05, 3.63) is 109 Å². The van der Waals surface area contributed by atoms with Gasteiger partial charge >= 0.3 is 7.12 Å². The van der Waals surface area contributed by atoms with Crippen LogP contribution in [0.3, 0.4) is 0 Å². The summed E-state index contributed by atoms with van der Waals surface area (Å²) in [5.74, 6) is 0. The number of nitrogens with zero attached hydrogens (tertiary/aromatic N) is 1. The Labute approximate surface area is 239 Å². The molecule has 0 saturated carbocycles. The van der Waals surface area contributed by atoms with Crippen molar-refractivity contribution in [2.75, 3.05) is 0 Å². The summed E-state index contributed by atoms with van der Waals surface area (Å²) in [6.07, 6.45) is 0. The highest BCUT2D eigenvalue weighted by molar-refractivity contribution is 6.62. The van der Waals surface area contributed by atoms with Crippen LogP contribution < -0.4 is 5.46 Å². The van der Waals surface area contributed by atoms with Crippen LogP contribution in [0.1, 0.15) is 27.7 Å². The first-order valence-corrected chi connectivity index (χ1v) is 14.2. The van der Waals surface area contributed by atoms with Gasteiger partial charge in [0.15, 0.2) is 0 Å². The van der Waals surface area contributed by atoms with Gasteiger partial charge in [0.25, 0.3) is 0 Å². The van der Waals surface area contributed by atoms with Gasteiger partial charge in [-0.2, -0.15) is 0 Å². The average molecular weight is 535 g/mol. The summed E-state index contributed by atoms with van der Waals surface area (Å²) in [6.45, 7) is 8.38. The van der Waals surface area contributed by atoms with Gasteiger partial charge in [-0.3, -0.25) is 0 Å². The van der Waals surface area contributed by atoms with Crippen molar-refractivity contribution in [1.82, 2.24) is 4.57 Å². The van der Waals surface area contributed by atoms with Crippen molar-refractivity contribution in [3.8, 4) is 16.8 Å². The lowest BCUT2D eigenvalue weighted by Crippen LogP contribution is -2.41. The van der Waals surface area contributed by atoms with Crippen LogP contribution in [0, 0.1) is 0 Å². The van der Waals surface area contributed by atoms with Crippen molar-refractivity contribution in [2.45, 2.75) is 38.9 Å². The van der Waals surface area contributed by atoms with Crippen molar-refractivity contribution in [2.24, 2.45) is 0 Å². The minimum absolute atomic E-state index is 0.402. The highest BCUT2D eigenvalue weighted by atomic mass is 16.7. The predicted molar refractivity (Wildman–Crippen MR) is 169 cm³/mol. The van der Waals surface area contributed by atoms with Crippen molar-refractivity contribution < 1.29 is 13.7 Å². The third-order valence-electron chi connectivity index (χ3n) is 9.02. The van der Waals surface area contributed by atoms with E-state index in [-0.39, 0.29) is 0 Å². The number of rotatable bonds is 3. The Bertz CT molecular complexity index is 2100. The molecule has 4 nitrogen and oxygen atoms in total. The minimum atomic E-state index is -0.428. The zero-order valence-electron chi connectivity index (χ0n) is 23.6. The highest BCUT2D eigenvalue weighted by Crippen LogP contribution is 2.40. The number of benzene rings is 5. The van der Waals surface area contributed by atoms with Gasteiger partial charge in [0.1, 0.15) is 11.2 Å². The second-order valence-electron chi connectivity index (χ2n) is 12.1. The van der Waals surface area contributed by atoms with Gasteiger partial charge in [-0.25, -0.2) is 0 Å². The molecule has 0 atom stereocenters. The average Bonchev–Trinajstić information content (AvgIpc) is 3.57. The molecule has 5 heteroatoms. The molecule has 1 aliphatic heterocycles. The summed E-state index contributed by atoms with van der Waals surface area (Å²) in [6, 6.07) is 38.6. The van der Waals surface area contributed by atoms with Crippen molar-refractivity contribution in [1.29, 1.82) is 0 Å². The molecule has 0 bridgehead atoms. The number of furan rings is 1. The van der Waals surface area contributed by atoms with Crippen LogP contribution in [0.5, 0.6) is 0 Å². The van der Waals surface area contributed by atoms with Crippen LogP contribution in [-0.2, 0) is 9.31 Å². The molecule has 1 aliphatic rings. The first-order chi connectivity index (χ1) is 19.8. The second-order valence-corrected chi connectivity index (χ2v) is 12.1. The lowest BCUT2D eigenvalue weighted by atomic mass is 9.78. The van der Waals surface area contributed by atoms with E-state index in [2.05, 4.69) is 129 Å². The Morgan fingerprint density at radius 1 is 0.537 bits per heavy atom. The fourth-order valence-corrected chi connectivity index (χ4v) is 6.11. The molecule has 2 aromatic heterocycles. The smallest absolute Gasteiger partial charge is 0.456 e. The molecular weight excluding hydrogens is 505 g/mol. The van der Waals surface area contributed by atoms with E-state index < -0.39 is 18.3 Å². The van der Waals surface area contributed by atoms with Crippen LogP contribution >= 0.6 is 0 Å². The van der Waals surface area contributed by atoms with E-state index in [9.17, 15) is 0 Å². The van der Waals surface area contributed by atoms with Crippen molar-refractivity contribution in [3.63, 3.8) is 0 Å². The maximum atomic E-state index is 6.44. The fraction of sp³-hybridized carbons (Fsp3) is 0.167. The molecule has 3 heterocycles.